The SMILES string of the molecule is CC(C)C(CCCN)C(=O)Nc1ccc(Cl)cc1. The second-order valence-electron chi connectivity index (χ2n) is 4.78. The van der Waals surface area contributed by atoms with Crippen LogP contribution < -0.4 is 11.1 Å². The standard InChI is InChI=1S/C14H21ClN2O/c1-10(2)13(4-3-9-16)14(18)17-12-7-5-11(15)6-8-12/h5-8,10,13H,3-4,9,16H2,1-2H3,(H,17,18). The summed E-state index contributed by atoms with van der Waals surface area (Å²) >= 11 is 5.80. The first-order valence-corrected chi connectivity index (χ1v) is 6.69. The Bertz CT molecular complexity index is 376. The van der Waals surface area contributed by atoms with E-state index in [-0.39, 0.29) is 11.8 Å². The molecule has 4 heteroatoms. The predicted octanol–water partition coefficient (Wildman–Crippen LogP) is 3.29. The summed E-state index contributed by atoms with van der Waals surface area (Å²) in [7, 11) is 0. The average molecular weight is 269 g/mol. The number of carbonyl (C=O) groups excluding carboxylic acids is 1. The monoisotopic (exact) mass is 268 g/mol. The first-order valence-electron chi connectivity index (χ1n) is 6.31. The summed E-state index contributed by atoms with van der Waals surface area (Å²) in [4.78, 5) is 12.2. The highest BCUT2D eigenvalue weighted by Crippen LogP contribution is 2.20. The summed E-state index contributed by atoms with van der Waals surface area (Å²) in [6.45, 7) is 4.74. The van der Waals surface area contributed by atoms with E-state index in [2.05, 4.69) is 19.2 Å². The van der Waals surface area contributed by atoms with Gasteiger partial charge in [-0.05, 0) is 49.6 Å². The number of carbonyl (C=O) groups is 1. The zero-order valence-electron chi connectivity index (χ0n) is 10.9. The first-order chi connectivity index (χ1) is 8.54. The van der Waals surface area contributed by atoms with Gasteiger partial charge in [0.05, 0.1) is 0 Å². The Morgan fingerprint density at radius 3 is 2.44 bits per heavy atom. The minimum absolute atomic E-state index is 0.00391. The molecular formula is C14H21ClN2O. The summed E-state index contributed by atoms with van der Waals surface area (Å²) in [6, 6.07) is 7.14. The van der Waals surface area contributed by atoms with Crippen molar-refractivity contribution >= 4 is 23.2 Å². The molecule has 0 aliphatic heterocycles. The third-order valence-electron chi connectivity index (χ3n) is 2.97. The van der Waals surface area contributed by atoms with E-state index in [9.17, 15) is 4.79 Å². The van der Waals surface area contributed by atoms with Crippen molar-refractivity contribution in [2.75, 3.05) is 11.9 Å². The van der Waals surface area contributed by atoms with Crippen LogP contribution in [-0.4, -0.2) is 12.5 Å². The largest absolute Gasteiger partial charge is 0.330 e. The Hall–Kier alpha value is -1.06. The summed E-state index contributed by atoms with van der Waals surface area (Å²) in [5, 5.41) is 3.58. The summed E-state index contributed by atoms with van der Waals surface area (Å²) < 4.78 is 0. The smallest absolute Gasteiger partial charge is 0.227 e. The molecule has 0 radical (unpaired) electrons. The number of anilines is 1. The lowest BCUT2D eigenvalue weighted by Crippen LogP contribution is -2.27. The molecule has 1 unspecified atom stereocenters. The van der Waals surface area contributed by atoms with Crippen molar-refractivity contribution in [3.8, 4) is 0 Å². The Morgan fingerprint density at radius 2 is 1.94 bits per heavy atom. The number of rotatable bonds is 6. The Balaban J connectivity index is 2.63. The predicted molar refractivity (Wildman–Crippen MR) is 76.7 cm³/mol. The van der Waals surface area contributed by atoms with Gasteiger partial charge in [0.15, 0.2) is 0 Å². The summed E-state index contributed by atoms with van der Waals surface area (Å²) in [5.74, 6) is 0.369. The van der Waals surface area contributed by atoms with E-state index in [1.807, 2.05) is 0 Å². The van der Waals surface area contributed by atoms with Gasteiger partial charge in [-0.2, -0.15) is 0 Å². The van der Waals surface area contributed by atoms with Gasteiger partial charge in [0.1, 0.15) is 0 Å². The number of halogens is 1. The van der Waals surface area contributed by atoms with Crippen molar-refractivity contribution in [3.05, 3.63) is 29.3 Å². The van der Waals surface area contributed by atoms with Crippen LogP contribution in [0.15, 0.2) is 24.3 Å². The van der Waals surface area contributed by atoms with Crippen LogP contribution in [0.3, 0.4) is 0 Å². The molecule has 100 valence electrons. The van der Waals surface area contributed by atoms with Gasteiger partial charge >= 0.3 is 0 Å². The molecule has 0 aromatic heterocycles. The van der Waals surface area contributed by atoms with Gasteiger partial charge in [0.25, 0.3) is 0 Å². The van der Waals surface area contributed by atoms with E-state index in [0.717, 1.165) is 18.5 Å². The topological polar surface area (TPSA) is 55.1 Å². The zero-order chi connectivity index (χ0) is 13.5. The third kappa shape index (κ3) is 4.67. The quantitative estimate of drug-likeness (QED) is 0.832. The van der Waals surface area contributed by atoms with Crippen LogP contribution in [0.4, 0.5) is 5.69 Å². The molecule has 3 N–H and O–H groups in total. The molecular weight excluding hydrogens is 248 g/mol. The molecule has 0 saturated heterocycles. The van der Waals surface area contributed by atoms with Gasteiger partial charge in [-0.25, -0.2) is 0 Å². The van der Waals surface area contributed by atoms with Gasteiger partial charge < -0.3 is 11.1 Å². The minimum Gasteiger partial charge on any atom is -0.330 e. The van der Waals surface area contributed by atoms with E-state index in [0.29, 0.717) is 17.5 Å². The maximum Gasteiger partial charge on any atom is 0.227 e. The molecule has 1 rings (SSSR count). The van der Waals surface area contributed by atoms with E-state index < -0.39 is 0 Å². The van der Waals surface area contributed by atoms with E-state index in [1.54, 1.807) is 24.3 Å². The fraction of sp³-hybridized carbons (Fsp3) is 0.500. The number of nitrogens with two attached hydrogens (primary N) is 1. The molecule has 0 spiro atoms. The van der Waals surface area contributed by atoms with Crippen LogP contribution in [0.25, 0.3) is 0 Å². The fourth-order valence-corrected chi connectivity index (χ4v) is 2.00. The van der Waals surface area contributed by atoms with Crippen LogP contribution in [0.5, 0.6) is 0 Å². The van der Waals surface area contributed by atoms with Crippen molar-refractivity contribution in [1.82, 2.24) is 0 Å². The highest BCUT2D eigenvalue weighted by Gasteiger charge is 2.21. The highest BCUT2D eigenvalue weighted by molar-refractivity contribution is 6.30. The van der Waals surface area contributed by atoms with Crippen molar-refractivity contribution in [3.63, 3.8) is 0 Å². The first kappa shape index (κ1) is 15.0. The van der Waals surface area contributed by atoms with Gasteiger partial charge in [-0.15, -0.1) is 0 Å². The maximum absolute atomic E-state index is 12.2. The lowest BCUT2D eigenvalue weighted by molar-refractivity contribution is -0.121. The maximum atomic E-state index is 12.2. The number of hydrogen-bond acceptors (Lipinski definition) is 2. The molecule has 0 heterocycles. The van der Waals surface area contributed by atoms with Crippen LogP contribution in [-0.2, 0) is 4.79 Å². The van der Waals surface area contributed by atoms with Gasteiger partial charge in [-0.1, -0.05) is 25.4 Å². The van der Waals surface area contributed by atoms with E-state index >= 15 is 0 Å². The third-order valence-corrected chi connectivity index (χ3v) is 3.22. The lowest BCUT2D eigenvalue weighted by atomic mass is 9.90. The van der Waals surface area contributed by atoms with Crippen LogP contribution >= 0.6 is 11.6 Å². The number of nitrogens with one attached hydrogen (secondary N) is 1. The molecule has 1 aromatic rings. The van der Waals surface area contributed by atoms with E-state index in [4.69, 9.17) is 17.3 Å². The molecule has 0 aliphatic rings. The highest BCUT2D eigenvalue weighted by atomic mass is 35.5. The van der Waals surface area contributed by atoms with Gasteiger partial charge in [0, 0.05) is 16.6 Å². The molecule has 0 aliphatic carbocycles. The molecule has 18 heavy (non-hydrogen) atoms. The zero-order valence-corrected chi connectivity index (χ0v) is 11.7. The van der Waals surface area contributed by atoms with E-state index in [1.165, 1.54) is 0 Å². The number of hydrogen-bond donors (Lipinski definition) is 2. The van der Waals surface area contributed by atoms with Crippen molar-refractivity contribution < 1.29 is 4.79 Å². The van der Waals surface area contributed by atoms with Crippen molar-refractivity contribution in [2.24, 2.45) is 17.6 Å². The molecule has 3 nitrogen and oxygen atoms in total. The van der Waals surface area contributed by atoms with Gasteiger partial charge in [0.2, 0.25) is 5.91 Å². The minimum atomic E-state index is 0.00391. The van der Waals surface area contributed by atoms with Crippen LogP contribution in [0.1, 0.15) is 26.7 Å². The number of benzene rings is 1. The molecule has 1 amide bonds. The molecule has 0 fully saturated rings. The Morgan fingerprint density at radius 1 is 1.33 bits per heavy atom. The van der Waals surface area contributed by atoms with Gasteiger partial charge in [-0.3, -0.25) is 4.79 Å². The van der Waals surface area contributed by atoms with Crippen LogP contribution in [0.2, 0.25) is 5.02 Å². The summed E-state index contributed by atoms with van der Waals surface area (Å²) in [5.41, 5.74) is 6.28. The molecule has 0 saturated carbocycles. The fourth-order valence-electron chi connectivity index (χ4n) is 1.87. The Kier molecular flexibility index (Phi) is 6.16. The average Bonchev–Trinajstić information content (AvgIpc) is 2.32. The molecule has 0 bridgehead atoms. The number of amides is 1. The lowest BCUT2D eigenvalue weighted by Gasteiger charge is -2.20. The second-order valence-corrected chi connectivity index (χ2v) is 5.21. The second kappa shape index (κ2) is 7.39. The molecule has 1 atom stereocenters. The molecule has 1 aromatic carbocycles. The van der Waals surface area contributed by atoms with Crippen LogP contribution in [0, 0.1) is 11.8 Å². The van der Waals surface area contributed by atoms with Crippen molar-refractivity contribution in [2.45, 2.75) is 26.7 Å². The Labute approximate surface area is 114 Å². The summed E-state index contributed by atoms with van der Waals surface area (Å²) in [6.07, 6.45) is 1.70. The normalized spacial score (nSPS) is 12.5. The van der Waals surface area contributed by atoms with Crippen molar-refractivity contribution in [1.29, 1.82) is 0 Å².